The highest BCUT2D eigenvalue weighted by Crippen LogP contribution is 2.05. The summed E-state index contributed by atoms with van der Waals surface area (Å²) in [6.07, 6.45) is 0.276. The molecule has 0 aliphatic carbocycles. The van der Waals surface area contributed by atoms with Crippen molar-refractivity contribution in [3.05, 3.63) is 22.2 Å². The van der Waals surface area contributed by atoms with E-state index in [1.165, 1.54) is 6.07 Å². The van der Waals surface area contributed by atoms with Gasteiger partial charge in [-0.1, -0.05) is 0 Å². The van der Waals surface area contributed by atoms with E-state index in [9.17, 15) is 9.59 Å². The molecule has 0 spiro atoms. The zero-order valence-corrected chi connectivity index (χ0v) is 10.3. The van der Waals surface area contributed by atoms with Crippen LogP contribution in [0.1, 0.15) is 19.2 Å². The van der Waals surface area contributed by atoms with E-state index >= 15 is 0 Å². The van der Waals surface area contributed by atoms with Gasteiger partial charge >= 0.3 is 5.97 Å². The van der Waals surface area contributed by atoms with Crippen LogP contribution in [0.15, 0.2) is 10.9 Å². The Morgan fingerprint density at radius 3 is 2.88 bits per heavy atom. The van der Waals surface area contributed by atoms with E-state index in [1.807, 2.05) is 0 Å². The fourth-order valence-electron chi connectivity index (χ4n) is 1.37. The number of aryl methyl sites for hydroxylation is 1. The first-order chi connectivity index (χ1) is 8.02. The molecule has 1 aromatic rings. The van der Waals surface area contributed by atoms with Gasteiger partial charge < -0.3 is 14.6 Å². The van der Waals surface area contributed by atoms with E-state index in [2.05, 4.69) is 9.97 Å². The van der Waals surface area contributed by atoms with E-state index < -0.39 is 0 Å². The van der Waals surface area contributed by atoms with Crippen LogP contribution >= 0.6 is 0 Å². The van der Waals surface area contributed by atoms with Crippen LogP contribution in [0.3, 0.4) is 0 Å². The molecule has 17 heavy (non-hydrogen) atoms. The second kappa shape index (κ2) is 6.03. The first-order valence-corrected chi connectivity index (χ1v) is 5.47. The minimum Gasteiger partial charge on any atom is -0.466 e. The third-order valence-corrected chi connectivity index (χ3v) is 2.19. The molecule has 1 heterocycles. The van der Waals surface area contributed by atoms with Crippen LogP contribution in [0.25, 0.3) is 0 Å². The number of nitrogens with zero attached hydrogens (tertiary/aromatic N) is 2. The summed E-state index contributed by atoms with van der Waals surface area (Å²) >= 11 is 0. The summed E-state index contributed by atoms with van der Waals surface area (Å²) < 4.78 is 4.82. The smallest absolute Gasteiger partial charge is 0.307 e. The number of carbonyl (C=O) groups excluding carboxylic acids is 1. The number of ether oxygens (including phenoxy) is 1. The second-order valence-corrected chi connectivity index (χ2v) is 3.67. The maximum Gasteiger partial charge on any atom is 0.307 e. The number of anilines is 1. The molecule has 1 aromatic heterocycles. The summed E-state index contributed by atoms with van der Waals surface area (Å²) in [4.78, 5) is 30.9. The molecule has 0 bridgehead atoms. The molecule has 0 atom stereocenters. The van der Waals surface area contributed by atoms with Crippen molar-refractivity contribution < 1.29 is 9.53 Å². The van der Waals surface area contributed by atoms with Crippen molar-refractivity contribution in [3.8, 4) is 0 Å². The van der Waals surface area contributed by atoms with Gasteiger partial charge in [0.25, 0.3) is 5.56 Å². The van der Waals surface area contributed by atoms with E-state index in [1.54, 1.807) is 25.8 Å². The van der Waals surface area contributed by atoms with Crippen molar-refractivity contribution in [1.29, 1.82) is 0 Å². The summed E-state index contributed by atoms with van der Waals surface area (Å²) in [7, 11) is 1.78. The van der Waals surface area contributed by atoms with Crippen molar-refractivity contribution in [3.63, 3.8) is 0 Å². The summed E-state index contributed by atoms with van der Waals surface area (Å²) in [5.41, 5.74) is -0.199. The zero-order valence-electron chi connectivity index (χ0n) is 10.3. The molecule has 0 saturated carbocycles. The van der Waals surface area contributed by atoms with Crippen molar-refractivity contribution >= 4 is 11.8 Å². The minimum absolute atomic E-state index is 0.199. The topological polar surface area (TPSA) is 75.3 Å². The van der Waals surface area contributed by atoms with Crippen molar-refractivity contribution in [1.82, 2.24) is 9.97 Å². The lowest BCUT2D eigenvalue weighted by atomic mass is 10.4. The third kappa shape index (κ3) is 4.26. The van der Waals surface area contributed by atoms with Gasteiger partial charge in [0.1, 0.15) is 11.6 Å². The van der Waals surface area contributed by atoms with Crippen LogP contribution in [0, 0.1) is 6.92 Å². The zero-order chi connectivity index (χ0) is 12.8. The number of esters is 1. The van der Waals surface area contributed by atoms with Gasteiger partial charge in [0.2, 0.25) is 0 Å². The Labute approximate surface area is 99.6 Å². The summed E-state index contributed by atoms with van der Waals surface area (Å²) in [6.45, 7) is 4.33. The Kier molecular flexibility index (Phi) is 4.68. The molecular weight excluding hydrogens is 222 g/mol. The minimum atomic E-state index is -0.249. The van der Waals surface area contributed by atoms with Gasteiger partial charge in [-0.3, -0.25) is 9.59 Å². The first kappa shape index (κ1) is 13.2. The SMILES string of the molecule is CCOC(=O)CCN(C)c1cc(=O)[nH]c(C)n1. The predicted molar refractivity (Wildman–Crippen MR) is 64.1 cm³/mol. The van der Waals surface area contributed by atoms with Crippen LogP contribution in [-0.4, -0.2) is 36.1 Å². The lowest BCUT2D eigenvalue weighted by Gasteiger charge is -2.17. The monoisotopic (exact) mass is 239 g/mol. The average Bonchev–Trinajstić information content (AvgIpc) is 2.25. The largest absolute Gasteiger partial charge is 0.466 e. The molecule has 0 radical (unpaired) electrons. The highest BCUT2D eigenvalue weighted by molar-refractivity contribution is 5.70. The standard InChI is InChI=1S/C11H17N3O3/c1-4-17-11(16)5-6-14(3)9-7-10(15)13-8(2)12-9/h7H,4-6H2,1-3H3,(H,12,13,15). The Bertz CT molecular complexity index is 442. The van der Waals surface area contributed by atoms with E-state index in [0.29, 0.717) is 24.8 Å². The first-order valence-electron chi connectivity index (χ1n) is 5.47. The molecule has 6 heteroatoms. The lowest BCUT2D eigenvalue weighted by molar-refractivity contribution is -0.142. The summed E-state index contributed by atoms with van der Waals surface area (Å²) in [5.74, 6) is 0.854. The highest BCUT2D eigenvalue weighted by atomic mass is 16.5. The van der Waals surface area contributed by atoms with Crippen molar-refractivity contribution in [2.24, 2.45) is 0 Å². The molecule has 1 rings (SSSR count). The van der Waals surface area contributed by atoms with Gasteiger partial charge in [-0.2, -0.15) is 0 Å². The van der Waals surface area contributed by atoms with Crippen LogP contribution in [-0.2, 0) is 9.53 Å². The average molecular weight is 239 g/mol. The van der Waals surface area contributed by atoms with E-state index in [0.717, 1.165) is 0 Å². The Balaban J connectivity index is 2.60. The fraction of sp³-hybridized carbons (Fsp3) is 0.545. The maximum atomic E-state index is 11.2. The molecule has 1 N–H and O–H groups in total. The van der Waals surface area contributed by atoms with Crippen molar-refractivity contribution in [2.45, 2.75) is 20.3 Å². The molecule has 0 aliphatic heterocycles. The van der Waals surface area contributed by atoms with Gasteiger partial charge in [-0.15, -0.1) is 0 Å². The molecule has 0 aromatic carbocycles. The van der Waals surface area contributed by atoms with Gasteiger partial charge in [0, 0.05) is 19.7 Å². The number of hydrogen-bond donors (Lipinski definition) is 1. The molecule has 94 valence electrons. The summed E-state index contributed by atoms with van der Waals surface area (Å²) in [6, 6.07) is 1.40. The van der Waals surface area contributed by atoms with Gasteiger partial charge in [-0.05, 0) is 13.8 Å². The van der Waals surface area contributed by atoms with Crippen LogP contribution in [0.5, 0.6) is 0 Å². The number of H-pyrrole nitrogens is 1. The van der Waals surface area contributed by atoms with E-state index in [-0.39, 0.29) is 17.9 Å². The lowest BCUT2D eigenvalue weighted by Crippen LogP contribution is -2.25. The van der Waals surface area contributed by atoms with Gasteiger partial charge in [-0.25, -0.2) is 4.98 Å². The number of nitrogens with one attached hydrogen (secondary N) is 1. The highest BCUT2D eigenvalue weighted by Gasteiger charge is 2.08. The quantitative estimate of drug-likeness (QED) is 0.756. The molecule has 0 unspecified atom stereocenters. The number of carbonyl (C=O) groups is 1. The molecule has 0 amide bonds. The van der Waals surface area contributed by atoms with Crippen LogP contribution in [0.2, 0.25) is 0 Å². The van der Waals surface area contributed by atoms with Gasteiger partial charge in [0.05, 0.1) is 13.0 Å². The van der Waals surface area contributed by atoms with Crippen molar-refractivity contribution in [2.75, 3.05) is 25.1 Å². The molecule has 0 saturated heterocycles. The fourth-order valence-corrected chi connectivity index (χ4v) is 1.37. The molecule has 0 aliphatic rings. The second-order valence-electron chi connectivity index (χ2n) is 3.67. The number of rotatable bonds is 5. The molecule has 6 nitrogen and oxygen atoms in total. The number of aromatic amines is 1. The third-order valence-electron chi connectivity index (χ3n) is 2.19. The molecule has 0 fully saturated rings. The number of aromatic nitrogens is 2. The Morgan fingerprint density at radius 1 is 1.59 bits per heavy atom. The Hall–Kier alpha value is -1.85. The summed E-state index contributed by atoms with van der Waals surface area (Å²) in [5, 5.41) is 0. The predicted octanol–water partition coefficient (Wildman–Crippen LogP) is 0.468. The molecular formula is C11H17N3O3. The Morgan fingerprint density at radius 2 is 2.29 bits per heavy atom. The van der Waals surface area contributed by atoms with Crippen LogP contribution < -0.4 is 10.5 Å². The number of hydrogen-bond acceptors (Lipinski definition) is 5. The van der Waals surface area contributed by atoms with Crippen LogP contribution in [0.4, 0.5) is 5.82 Å². The normalized spacial score (nSPS) is 10.1. The van der Waals surface area contributed by atoms with E-state index in [4.69, 9.17) is 4.74 Å². The van der Waals surface area contributed by atoms with Gasteiger partial charge in [0.15, 0.2) is 0 Å². The maximum absolute atomic E-state index is 11.2.